The largest absolute Gasteiger partial charge is 0.396 e. The molecule has 0 atom stereocenters. The molecule has 3 nitrogen and oxygen atoms in total. The minimum absolute atomic E-state index is 0.833. The summed E-state index contributed by atoms with van der Waals surface area (Å²) in [6, 6.07) is 16.8. The van der Waals surface area contributed by atoms with Gasteiger partial charge in [0.05, 0.1) is 16.9 Å². The molecule has 0 spiro atoms. The predicted molar refractivity (Wildman–Crippen MR) is 87.4 cm³/mol. The summed E-state index contributed by atoms with van der Waals surface area (Å²) in [4.78, 5) is 6.73. The summed E-state index contributed by atoms with van der Waals surface area (Å²) in [6.07, 6.45) is 2.87. The lowest BCUT2D eigenvalue weighted by molar-refractivity contribution is 0.733. The molecule has 21 heavy (non-hydrogen) atoms. The maximum atomic E-state index is 6.39. The van der Waals surface area contributed by atoms with E-state index in [1.54, 1.807) is 6.20 Å². The van der Waals surface area contributed by atoms with Gasteiger partial charge in [-0.3, -0.25) is 4.98 Å². The highest BCUT2D eigenvalue weighted by molar-refractivity contribution is 5.97. The van der Waals surface area contributed by atoms with E-state index in [-0.39, 0.29) is 0 Å². The molecule has 1 aliphatic rings. The molecule has 2 N–H and O–H groups in total. The van der Waals surface area contributed by atoms with Crippen molar-refractivity contribution in [2.45, 2.75) is 13.0 Å². The summed E-state index contributed by atoms with van der Waals surface area (Å²) in [5.41, 5.74) is 12.1. The van der Waals surface area contributed by atoms with Crippen molar-refractivity contribution < 1.29 is 0 Å². The molecule has 2 heterocycles. The first-order valence-corrected chi connectivity index (χ1v) is 7.28. The van der Waals surface area contributed by atoms with Crippen LogP contribution in [0, 0.1) is 0 Å². The van der Waals surface area contributed by atoms with Gasteiger partial charge in [0, 0.05) is 24.7 Å². The van der Waals surface area contributed by atoms with Crippen molar-refractivity contribution in [3.8, 4) is 0 Å². The van der Waals surface area contributed by atoms with Crippen LogP contribution in [0.15, 0.2) is 54.7 Å². The van der Waals surface area contributed by atoms with Gasteiger partial charge in [-0.15, -0.1) is 0 Å². The zero-order valence-electron chi connectivity index (χ0n) is 11.8. The highest BCUT2D eigenvalue weighted by Gasteiger charge is 2.18. The first-order valence-electron chi connectivity index (χ1n) is 7.28. The maximum absolute atomic E-state index is 6.39. The summed E-state index contributed by atoms with van der Waals surface area (Å²) in [5, 5.41) is 1.04. The summed E-state index contributed by atoms with van der Waals surface area (Å²) < 4.78 is 0. The van der Waals surface area contributed by atoms with Gasteiger partial charge in [-0.2, -0.15) is 0 Å². The third-order valence-electron chi connectivity index (χ3n) is 4.28. The number of nitrogens with zero attached hydrogens (tertiary/aromatic N) is 2. The van der Waals surface area contributed by atoms with Crippen LogP contribution in [0.25, 0.3) is 10.9 Å². The fourth-order valence-electron chi connectivity index (χ4n) is 3.14. The Kier molecular flexibility index (Phi) is 2.78. The number of hydrogen-bond donors (Lipinski definition) is 1. The van der Waals surface area contributed by atoms with Gasteiger partial charge in [-0.25, -0.2) is 0 Å². The van der Waals surface area contributed by atoms with Crippen LogP contribution in [-0.2, 0) is 13.0 Å². The van der Waals surface area contributed by atoms with Crippen molar-refractivity contribution in [2.75, 3.05) is 17.2 Å². The van der Waals surface area contributed by atoms with E-state index in [1.807, 2.05) is 12.1 Å². The van der Waals surface area contributed by atoms with Crippen LogP contribution in [0.3, 0.4) is 0 Å². The van der Waals surface area contributed by atoms with Gasteiger partial charge in [-0.05, 0) is 41.8 Å². The van der Waals surface area contributed by atoms with E-state index >= 15 is 0 Å². The number of fused-ring (bicyclic) bond motifs is 2. The van der Waals surface area contributed by atoms with Gasteiger partial charge in [-0.1, -0.05) is 24.3 Å². The van der Waals surface area contributed by atoms with E-state index in [0.717, 1.165) is 41.8 Å². The van der Waals surface area contributed by atoms with E-state index in [4.69, 9.17) is 5.73 Å². The maximum Gasteiger partial charge on any atom is 0.0724 e. The van der Waals surface area contributed by atoms with E-state index in [9.17, 15) is 0 Å². The van der Waals surface area contributed by atoms with E-state index in [0.29, 0.717) is 0 Å². The van der Waals surface area contributed by atoms with Crippen LogP contribution >= 0.6 is 0 Å². The molecule has 4 rings (SSSR count). The minimum atomic E-state index is 0.833. The van der Waals surface area contributed by atoms with Crippen molar-refractivity contribution in [2.24, 2.45) is 0 Å². The van der Waals surface area contributed by atoms with Crippen LogP contribution in [-0.4, -0.2) is 11.5 Å². The van der Waals surface area contributed by atoms with E-state index < -0.39 is 0 Å². The van der Waals surface area contributed by atoms with Crippen molar-refractivity contribution in [3.63, 3.8) is 0 Å². The summed E-state index contributed by atoms with van der Waals surface area (Å²) >= 11 is 0. The van der Waals surface area contributed by atoms with Crippen LogP contribution in [0.4, 0.5) is 11.4 Å². The quantitative estimate of drug-likeness (QED) is 0.692. The molecule has 0 saturated carbocycles. The zero-order chi connectivity index (χ0) is 14.2. The number of nitrogen functional groups attached to an aromatic ring is 1. The number of benzene rings is 2. The summed E-state index contributed by atoms with van der Waals surface area (Å²) in [7, 11) is 0. The molecule has 3 aromatic rings. The average molecular weight is 275 g/mol. The van der Waals surface area contributed by atoms with Crippen molar-refractivity contribution >= 4 is 22.3 Å². The smallest absolute Gasteiger partial charge is 0.0724 e. The molecule has 0 amide bonds. The minimum Gasteiger partial charge on any atom is -0.396 e. The Labute approximate surface area is 124 Å². The normalized spacial score (nSPS) is 14.2. The standard InChI is InChI=1S/C18H17N3/c19-18-15-6-3-10-20-16(15)7-8-17(18)21-11-9-13-4-1-2-5-14(13)12-21/h1-8,10H,9,11-12,19H2. The third kappa shape index (κ3) is 2.02. The van der Waals surface area contributed by atoms with Gasteiger partial charge in [0.15, 0.2) is 0 Å². The van der Waals surface area contributed by atoms with Crippen LogP contribution < -0.4 is 10.6 Å². The molecule has 2 aromatic carbocycles. The van der Waals surface area contributed by atoms with E-state index in [2.05, 4.69) is 46.3 Å². The molecule has 0 fully saturated rings. The second kappa shape index (κ2) is 4.77. The van der Waals surface area contributed by atoms with Crippen LogP contribution in [0.2, 0.25) is 0 Å². The van der Waals surface area contributed by atoms with Gasteiger partial charge >= 0.3 is 0 Å². The molecule has 0 aliphatic carbocycles. The first-order chi connectivity index (χ1) is 10.3. The summed E-state index contributed by atoms with van der Waals surface area (Å²) in [5.74, 6) is 0. The Balaban J connectivity index is 1.76. The number of hydrogen-bond acceptors (Lipinski definition) is 3. The van der Waals surface area contributed by atoms with Crippen molar-refractivity contribution in [1.82, 2.24) is 4.98 Å². The molecule has 3 heteroatoms. The molecule has 0 bridgehead atoms. The Morgan fingerprint density at radius 2 is 1.81 bits per heavy atom. The third-order valence-corrected chi connectivity index (χ3v) is 4.28. The van der Waals surface area contributed by atoms with Gasteiger partial charge in [0.2, 0.25) is 0 Å². The molecule has 1 aliphatic heterocycles. The molecular weight excluding hydrogens is 258 g/mol. The lowest BCUT2D eigenvalue weighted by atomic mass is 9.99. The Morgan fingerprint density at radius 1 is 0.952 bits per heavy atom. The van der Waals surface area contributed by atoms with Crippen molar-refractivity contribution in [3.05, 3.63) is 65.9 Å². The predicted octanol–water partition coefficient (Wildman–Crippen LogP) is 3.38. The first kappa shape index (κ1) is 12.2. The Morgan fingerprint density at radius 3 is 2.71 bits per heavy atom. The molecule has 1 aromatic heterocycles. The molecule has 0 saturated heterocycles. The number of rotatable bonds is 1. The second-order valence-corrected chi connectivity index (χ2v) is 5.51. The lowest BCUT2D eigenvalue weighted by Crippen LogP contribution is -2.30. The highest BCUT2D eigenvalue weighted by Crippen LogP contribution is 2.33. The monoisotopic (exact) mass is 275 g/mol. The fourth-order valence-corrected chi connectivity index (χ4v) is 3.14. The number of nitrogens with two attached hydrogens (primary N) is 1. The number of pyridine rings is 1. The Bertz CT molecular complexity index is 810. The van der Waals surface area contributed by atoms with Gasteiger partial charge in [0.25, 0.3) is 0 Å². The number of aromatic nitrogens is 1. The zero-order valence-corrected chi connectivity index (χ0v) is 11.8. The fraction of sp³-hybridized carbons (Fsp3) is 0.167. The summed E-state index contributed by atoms with van der Waals surface area (Å²) in [6.45, 7) is 1.93. The molecule has 0 radical (unpaired) electrons. The topological polar surface area (TPSA) is 42.1 Å². The molecule has 104 valence electrons. The second-order valence-electron chi connectivity index (χ2n) is 5.51. The average Bonchev–Trinajstić information content (AvgIpc) is 2.55. The van der Waals surface area contributed by atoms with Crippen LogP contribution in [0.5, 0.6) is 0 Å². The number of anilines is 2. The van der Waals surface area contributed by atoms with Gasteiger partial charge in [0.1, 0.15) is 0 Å². The SMILES string of the molecule is Nc1c(N2CCc3ccccc3C2)ccc2ncccc12. The molecule has 0 unspecified atom stereocenters. The molecular formula is C18H17N3. The van der Waals surface area contributed by atoms with E-state index in [1.165, 1.54) is 11.1 Å². The van der Waals surface area contributed by atoms with Crippen molar-refractivity contribution in [1.29, 1.82) is 0 Å². The van der Waals surface area contributed by atoms with Gasteiger partial charge < -0.3 is 10.6 Å². The lowest BCUT2D eigenvalue weighted by Gasteiger charge is -2.31. The highest BCUT2D eigenvalue weighted by atomic mass is 15.1. The Hall–Kier alpha value is -2.55. The van der Waals surface area contributed by atoms with Crippen LogP contribution in [0.1, 0.15) is 11.1 Å².